The van der Waals surface area contributed by atoms with Crippen molar-refractivity contribution in [3.05, 3.63) is 59.4 Å². The number of amides is 2. The lowest BCUT2D eigenvalue weighted by Crippen LogP contribution is -2.44. The Morgan fingerprint density at radius 3 is 2.82 bits per heavy atom. The Morgan fingerprint density at radius 1 is 1.32 bits per heavy atom. The number of morpholine rings is 1. The van der Waals surface area contributed by atoms with E-state index in [0.717, 1.165) is 36.5 Å². The number of hydrogen-bond donors (Lipinski definition) is 2. The first-order chi connectivity index (χ1) is 13.7. The molecule has 2 aromatic rings. The van der Waals surface area contributed by atoms with Crippen LogP contribution in [-0.2, 0) is 11.2 Å². The van der Waals surface area contributed by atoms with Gasteiger partial charge in [-0.15, -0.1) is 0 Å². The highest BCUT2D eigenvalue weighted by atomic mass is 16.5. The first-order valence-electron chi connectivity index (χ1n) is 9.52. The zero-order chi connectivity index (χ0) is 19.8. The Balaban J connectivity index is 1.66. The minimum atomic E-state index is -0.270. The molecule has 0 bridgehead atoms. The summed E-state index contributed by atoms with van der Waals surface area (Å²) in [7, 11) is 0. The number of benzene rings is 1. The number of rotatable bonds is 6. The van der Waals surface area contributed by atoms with Gasteiger partial charge in [0.1, 0.15) is 0 Å². The molecule has 1 aromatic carbocycles. The number of hydrogen-bond acceptors (Lipinski definition) is 5. The van der Waals surface area contributed by atoms with Gasteiger partial charge in [0.05, 0.1) is 36.6 Å². The fraction of sp³-hybridized carbons (Fsp3) is 0.381. The number of urea groups is 1. The van der Waals surface area contributed by atoms with Gasteiger partial charge in [0.2, 0.25) is 0 Å². The van der Waals surface area contributed by atoms with Crippen LogP contribution in [0.4, 0.5) is 10.5 Å². The van der Waals surface area contributed by atoms with Crippen molar-refractivity contribution in [3.8, 4) is 6.07 Å². The van der Waals surface area contributed by atoms with Crippen LogP contribution in [0.2, 0.25) is 0 Å². The molecule has 1 atom stereocenters. The molecule has 7 nitrogen and oxygen atoms in total. The van der Waals surface area contributed by atoms with Gasteiger partial charge in [0, 0.05) is 31.5 Å². The fourth-order valence-corrected chi connectivity index (χ4v) is 3.32. The van der Waals surface area contributed by atoms with Gasteiger partial charge in [-0.05, 0) is 42.3 Å². The summed E-state index contributed by atoms with van der Waals surface area (Å²) in [5.74, 6) is 0. The summed E-state index contributed by atoms with van der Waals surface area (Å²) < 4.78 is 5.45. The topological polar surface area (TPSA) is 90.3 Å². The van der Waals surface area contributed by atoms with Crippen molar-refractivity contribution in [2.45, 2.75) is 19.4 Å². The second-order valence-corrected chi connectivity index (χ2v) is 6.59. The van der Waals surface area contributed by atoms with Gasteiger partial charge >= 0.3 is 6.03 Å². The third-order valence-corrected chi connectivity index (χ3v) is 4.84. The summed E-state index contributed by atoms with van der Waals surface area (Å²) >= 11 is 0. The third-order valence-electron chi connectivity index (χ3n) is 4.84. The van der Waals surface area contributed by atoms with E-state index in [-0.39, 0.29) is 12.1 Å². The molecule has 0 saturated carbocycles. The Bertz CT molecular complexity index is 828. The molecule has 0 aliphatic carbocycles. The van der Waals surface area contributed by atoms with Crippen molar-refractivity contribution in [2.24, 2.45) is 0 Å². The van der Waals surface area contributed by atoms with Gasteiger partial charge in [0.15, 0.2) is 0 Å². The Morgan fingerprint density at radius 2 is 2.14 bits per heavy atom. The smallest absolute Gasteiger partial charge is 0.319 e. The van der Waals surface area contributed by atoms with E-state index < -0.39 is 0 Å². The Hall–Kier alpha value is -2.95. The van der Waals surface area contributed by atoms with Crippen LogP contribution in [0, 0.1) is 11.3 Å². The van der Waals surface area contributed by atoms with Gasteiger partial charge < -0.3 is 15.4 Å². The summed E-state index contributed by atoms with van der Waals surface area (Å²) in [6, 6.07) is 13.0. The summed E-state index contributed by atoms with van der Waals surface area (Å²) in [6.07, 6.45) is 2.50. The molecule has 7 heteroatoms. The summed E-state index contributed by atoms with van der Waals surface area (Å²) in [4.78, 5) is 19.3. The van der Waals surface area contributed by atoms with Crippen molar-refractivity contribution in [3.63, 3.8) is 0 Å². The molecule has 2 heterocycles. The lowest BCUT2D eigenvalue weighted by atomic mass is 10.1. The molecule has 2 N–H and O–H groups in total. The van der Waals surface area contributed by atoms with Crippen LogP contribution in [0.25, 0.3) is 0 Å². The standard InChI is InChI=1S/C21H25N5O2/c1-2-17-13-16(14-22)6-7-18(17)25-21(27)24-15-20(19-5-3-4-8-23-19)26-9-11-28-12-10-26/h3-8,13,20H,2,9-12,15H2,1H3,(H2,24,25,27)/t20-/m1/s1. The van der Waals surface area contributed by atoms with E-state index in [2.05, 4.69) is 26.6 Å². The maximum atomic E-state index is 12.5. The molecule has 146 valence electrons. The molecule has 3 rings (SSSR count). The predicted octanol–water partition coefficient (Wildman–Crippen LogP) is 2.71. The number of aryl methyl sites for hydroxylation is 1. The molecule has 1 saturated heterocycles. The van der Waals surface area contributed by atoms with Gasteiger partial charge in [-0.3, -0.25) is 9.88 Å². The van der Waals surface area contributed by atoms with E-state index in [4.69, 9.17) is 10.00 Å². The number of nitrogens with zero attached hydrogens (tertiary/aromatic N) is 3. The Kier molecular flexibility index (Phi) is 6.95. The molecule has 0 radical (unpaired) electrons. The van der Waals surface area contributed by atoms with E-state index in [1.807, 2.05) is 25.1 Å². The second-order valence-electron chi connectivity index (χ2n) is 6.59. The number of ether oxygens (including phenoxy) is 1. The van der Waals surface area contributed by atoms with E-state index >= 15 is 0 Å². The SMILES string of the molecule is CCc1cc(C#N)ccc1NC(=O)NC[C@H](c1ccccn1)N1CCOCC1. The van der Waals surface area contributed by atoms with Crippen LogP contribution in [0.1, 0.15) is 29.8 Å². The summed E-state index contributed by atoms with van der Waals surface area (Å²) in [5, 5.41) is 14.9. The molecule has 1 aromatic heterocycles. The second kappa shape index (κ2) is 9.83. The summed E-state index contributed by atoms with van der Waals surface area (Å²) in [5.41, 5.74) is 3.17. The van der Waals surface area contributed by atoms with E-state index in [0.29, 0.717) is 25.3 Å². The largest absolute Gasteiger partial charge is 0.379 e. The molecule has 2 amide bonds. The van der Waals surface area contributed by atoms with Crippen LogP contribution in [0.3, 0.4) is 0 Å². The van der Waals surface area contributed by atoms with E-state index in [1.54, 1.807) is 24.4 Å². The van der Waals surface area contributed by atoms with Crippen LogP contribution in [0.15, 0.2) is 42.6 Å². The van der Waals surface area contributed by atoms with Crippen LogP contribution in [-0.4, -0.2) is 48.8 Å². The zero-order valence-corrected chi connectivity index (χ0v) is 16.0. The van der Waals surface area contributed by atoms with Crippen molar-refractivity contribution < 1.29 is 9.53 Å². The normalized spacial score (nSPS) is 15.4. The van der Waals surface area contributed by atoms with Crippen LogP contribution in [0.5, 0.6) is 0 Å². The highest BCUT2D eigenvalue weighted by Gasteiger charge is 2.24. The number of carbonyl (C=O) groups is 1. The molecular weight excluding hydrogens is 354 g/mol. The average molecular weight is 379 g/mol. The number of pyridine rings is 1. The number of nitrogens with one attached hydrogen (secondary N) is 2. The predicted molar refractivity (Wildman–Crippen MR) is 107 cm³/mol. The van der Waals surface area contributed by atoms with E-state index in [1.165, 1.54) is 0 Å². The lowest BCUT2D eigenvalue weighted by Gasteiger charge is -2.34. The minimum absolute atomic E-state index is 0.0116. The molecule has 1 aliphatic heterocycles. The van der Waals surface area contributed by atoms with Crippen LogP contribution >= 0.6 is 0 Å². The lowest BCUT2D eigenvalue weighted by molar-refractivity contribution is 0.0159. The van der Waals surface area contributed by atoms with Crippen molar-refractivity contribution in [1.82, 2.24) is 15.2 Å². The molecule has 28 heavy (non-hydrogen) atoms. The first-order valence-corrected chi connectivity index (χ1v) is 9.52. The molecular formula is C21H25N5O2. The molecule has 0 unspecified atom stereocenters. The highest BCUT2D eigenvalue weighted by molar-refractivity contribution is 5.90. The van der Waals surface area contributed by atoms with Gasteiger partial charge in [-0.2, -0.15) is 5.26 Å². The molecule has 1 fully saturated rings. The third kappa shape index (κ3) is 5.06. The van der Waals surface area contributed by atoms with Crippen molar-refractivity contribution >= 4 is 11.7 Å². The zero-order valence-electron chi connectivity index (χ0n) is 16.0. The maximum absolute atomic E-state index is 12.5. The first kappa shape index (κ1) is 19.8. The van der Waals surface area contributed by atoms with Gasteiger partial charge in [-0.1, -0.05) is 13.0 Å². The average Bonchev–Trinajstić information content (AvgIpc) is 2.75. The summed E-state index contributed by atoms with van der Waals surface area (Å²) in [6.45, 7) is 5.41. The van der Waals surface area contributed by atoms with Crippen molar-refractivity contribution in [1.29, 1.82) is 5.26 Å². The number of carbonyl (C=O) groups excluding carboxylic acids is 1. The molecule has 1 aliphatic rings. The van der Waals surface area contributed by atoms with Crippen molar-refractivity contribution in [2.75, 3.05) is 38.2 Å². The highest BCUT2D eigenvalue weighted by Crippen LogP contribution is 2.20. The number of anilines is 1. The maximum Gasteiger partial charge on any atom is 0.319 e. The fourth-order valence-electron chi connectivity index (χ4n) is 3.32. The number of aromatic nitrogens is 1. The van der Waals surface area contributed by atoms with Crippen LogP contribution < -0.4 is 10.6 Å². The number of nitriles is 1. The molecule has 0 spiro atoms. The Labute approximate surface area is 165 Å². The van der Waals surface area contributed by atoms with Gasteiger partial charge in [0.25, 0.3) is 0 Å². The quantitative estimate of drug-likeness (QED) is 0.805. The van der Waals surface area contributed by atoms with Gasteiger partial charge in [-0.25, -0.2) is 4.79 Å². The monoisotopic (exact) mass is 379 g/mol. The van der Waals surface area contributed by atoms with E-state index in [9.17, 15) is 4.79 Å². The minimum Gasteiger partial charge on any atom is -0.379 e.